The van der Waals surface area contributed by atoms with Gasteiger partial charge >= 0.3 is 0 Å². The predicted octanol–water partition coefficient (Wildman–Crippen LogP) is 1.57. The summed E-state index contributed by atoms with van der Waals surface area (Å²) in [6.07, 6.45) is 7.08. The van der Waals surface area contributed by atoms with Crippen molar-refractivity contribution in [1.29, 1.82) is 0 Å². The van der Waals surface area contributed by atoms with Crippen molar-refractivity contribution in [1.82, 2.24) is 10.2 Å². The minimum absolute atomic E-state index is 0.283. The molecule has 1 aromatic heterocycles. The zero-order chi connectivity index (χ0) is 9.97. The maximum Gasteiger partial charge on any atom is 0.0657 e. The van der Waals surface area contributed by atoms with Crippen molar-refractivity contribution < 1.29 is 0 Å². The molecule has 0 bridgehead atoms. The number of aromatic nitrogens is 2. The van der Waals surface area contributed by atoms with E-state index < -0.39 is 0 Å². The van der Waals surface area contributed by atoms with E-state index in [1.165, 1.54) is 42.6 Å². The van der Waals surface area contributed by atoms with Crippen molar-refractivity contribution in [2.75, 3.05) is 0 Å². The van der Waals surface area contributed by atoms with Gasteiger partial charge in [-0.05, 0) is 51.0 Å². The average Bonchev–Trinajstić information content (AvgIpc) is 2.58. The summed E-state index contributed by atoms with van der Waals surface area (Å²) in [5.41, 5.74) is 9.86. The van der Waals surface area contributed by atoms with Crippen LogP contribution in [0.4, 0.5) is 0 Å². The number of rotatable bonds is 3. The molecule has 2 rings (SSSR count). The van der Waals surface area contributed by atoms with E-state index in [9.17, 15) is 0 Å². The van der Waals surface area contributed by atoms with Crippen LogP contribution in [0.1, 0.15) is 43.1 Å². The Morgan fingerprint density at radius 2 is 2.21 bits per heavy atom. The Morgan fingerprint density at radius 1 is 1.43 bits per heavy atom. The third-order valence-corrected chi connectivity index (χ3v) is 2.98. The van der Waals surface area contributed by atoms with Gasteiger partial charge in [0.25, 0.3) is 0 Å². The molecule has 78 valence electrons. The Morgan fingerprint density at radius 3 is 3.00 bits per heavy atom. The quantitative estimate of drug-likeness (QED) is 0.765. The average molecular weight is 193 g/mol. The second-order valence-corrected chi connectivity index (χ2v) is 4.35. The molecule has 0 aliphatic heterocycles. The first-order valence-electron chi connectivity index (χ1n) is 5.58. The molecule has 0 aromatic carbocycles. The van der Waals surface area contributed by atoms with Gasteiger partial charge < -0.3 is 5.73 Å². The van der Waals surface area contributed by atoms with Crippen LogP contribution in [0.15, 0.2) is 0 Å². The van der Waals surface area contributed by atoms with Gasteiger partial charge in [-0.2, -0.15) is 5.10 Å². The van der Waals surface area contributed by atoms with Crippen LogP contribution in [0.3, 0.4) is 0 Å². The van der Waals surface area contributed by atoms with Crippen molar-refractivity contribution in [3.63, 3.8) is 0 Å². The molecular formula is C11H19N3. The standard InChI is InChI=1S/C11H19N3/c1-8(12)6-7-11-9-4-2-3-5-10(9)13-14-11/h8H,2-7,12H2,1H3,(H,13,14)/t8-/m0/s1. The second kappa shape index (κ2) is 4.13. The smallest absolute Gasteiger partial charge is 0.0657 e. The van der Waals surface area contributed by atoms with E-state index in [4.69, 9.17) is 5.73 Å². The molecule has 0 radical (unpaired) electrons. The van der Waals surface area contributed by atoms with Crippen molar-refractivity contribution in [2.24, 2.45) is 5.73 Å². The van der Waals surface area contributed by atoms with Crippen LogP contribution >= 0.6 is 0 Å². The minimum atomic E-state index is 0.283. The highest BCUT2D eigenvalue weighted by molar-refractivity contribution is 5.27. The van der Waals surface area contributed by atoms with Crippen LogP contribution < -0.4 is 5.73 Å². The van der Waals surface area contributed by atoms with E-state index in [-0.39, 0.29) is 6.04 Å². The van der Waals surface area contributed by atoms with E-state index in [1.54, 1.807) is 0 Å². The Labute approximate surface area is 85.1 Å². The summed E-state index contributed by atoms with van der Waals surface area (Å²) in [6, 6.07) is 0.283. The molecule has 1 atom stereocenters. The van der Waals surface area contributed by atoms with Crippen molar-refractivity contribution in [3.8, 4) is 0 Å². The second-order valence-electron chi connectivity index (χ2n) is 4.35. The molecule has 0 saturated carbocycles. The van der Waals surface area contributed by atoms with E-state index in [0.717, 1.165) is 12.8 Å². The molecule has 3 N–H and O–H groups in total. The molecule has 1 aromatic rings. The number of aromatic amines is 1. The zero-order valence-electron chi connectivity index (χ0n) is 8.84. The molecule has 3 nitrogen and oxygen atoms in total. The van der Waals surface area contributed by atoms with Crippen LogP contribution in [0.5, 0.6) is 0 Å². The Bertz CT molecular complexity index is 301. The molecule has 0 saturated heterocycles. The van der Waals surface area contributed by atoms with Gasteiger partial charge in [0, 0.05) is 11.7 Å². The van der Waals surface area contributed by atoms with Crippen LogP contribution in [0, 0.1) is 0 Å². The van der Waals surface area contributed by atoms with Crippen molar-refractivity contribution in [3.05, 3.63) is 17.0 Å². The summed E-state index contributed by atoms with van der Waals surface area (Å²) in [4.78, 5) is 0. The Kier molecular flexibility index (Phi) is 2.87. The lowest BCUT2D eigenvalue weighted by atomic mass is 9.94. The highest BCUT2D eigenvalue weighted by Crippen LogP contribution is 2.22. The lowest BCUT2D eigenvalue weighted by Gasteiger charge is -2.11. The third-order valence-electron chi connectivity index (χ3n) is 2.98. The van der Waals surface area contributed by atoms with E-state index in [2.05, 4.69) is 17.1 Å². The number of nitrogens with zero attached hydrogens (tertiary/aromatic N) is 1. The highest BCUT2D eigenvalue weighted by Gasteiger charge is 2.16. The first kappa shape index (κ1) is 9.71. The van der Waals surface area contributed by atoms with E-state index in [1.807, 2.05) is 0 Å². The summed E-state index contributed by atoms with van der Waals surface area (Å²) >= 11 is 0. The van der Waals surface area contributed by atoms with Gasteiger partial charge in [0.15, 0.2) is 0 Å². The third kappa shape index (κ3) is 1.98. The molecule has 0 spiro atoms. The Balaban J connectivity index is 2.06. The molecule has 1 heterocycles. The fourth-order valence-corrected chi connectivity index (χ4v) is 2.12. The zero-order valence-corrected chi connectivity index (χ0v) is 8.84. The lowest BCUT2D eigenvalue weighted by Crippen LogP contribution is -2.16. The van der Waals surface area contributed by atoms with Crippen molar-refractivity contribution >= 4 is 0 Å². The SMILES string of the molecule is C[C@H](N)CCc1n[nH]c2c1CCCC2. The number of nitrogens with one attached hydrogen (secondary N) is 1. The highest BCUT2D eigenvalue weighted by atomic mass is 15.1. The van der Waals surface area contributed by atoms with Crippen molar-refractivity contribution in [2.45, 2.75) is 51.5 Å². The van der Waals surface area contributed by atoms with Crippen LogP contribution in [0.2, 0.25) is 0 Å². The number of aryl methyl sites for hydroxylation is 2. The fourth-order valence-electron chi connectivity index (χ4n) is 2.12. The van der Waals surface area contributed by atoms with Gasteiger partial charge in [-0.3, -0.25) is 5.10 Å². The van der Waals surface area contributed by atoms with Crippen LogP contribution in [0.25, 0.3) is 0 Å². The lowest BCUT2D eigenvalue weighted by molar-refractivity contribution is 0.645. The summed E-state index contributed by atoms with van der Waals surface area (Å²) in [6.45, 7) is 2.05. The van der Waals surface area contributed by atoms with Gasteiger partial charge in [-0.1, -0.05) is 0 Å². The Hall–Kier alpha value is -0.830. The topological polar surface area (TPSA) is 54.7 Å². The van der Waals surface area contributed by atoms with Gasteiger partial charge in [0.1, 0.15) is 0 Å². The summed E-state index contributed by atoms with van der Waals surface area (Å²) in [7, 11) is 0. The molecule has 3 heteroatoms. The van der Waals surface area contributed by atoms with Crippen LogP contribution in [-0.2, 0) is 19.3 Å². The number of fused-ring (bicyclic) bond motifs is 1. The van der Waals surface area contributed by atoms with Gasteiger partial charge in [-0.25, -0.2) is 0 Å². The normalized spacial score (nSPS) is 17.9. The predicted molar refractivity (Wildman–Crippen MR) is 57.2 cm³/mol. The van der Waals surface area contributed by atoms with Gasteiger partial charge in [-0.15, -0.1) is 0 Å². The molecule has 0 amide bonds. The summed E-state index contributed by atoms with van der Waals surface area (Å²) < 4.78 is 0. The number of nitrogens with two attached hydrogens (primary N) is 1. The molecular weight excluding hydrogens is 174 g/mol. The van der Waals surface area contributed by atoms with E-state index >= 15 is 0 Å². The van der Waals surface area contributed by atoms with Gasteiger partial charge in [0.2, 0.25) is 0 Å². The first-order valence-corrected chi connectivity index (χ1v) is 5.58. The molecule has 14 heavy (non-hydrogen) atoms. The molecule has 1 aliphatic carbocycles. The largest absolute Gasteiger partial charge is 0.328 e. The number of hydrogen-bond donors (Lipinski definition) is 2. The molecule has 0 fully saturated rings. The van der Waals surface area contributed by atoms with E-state index in [0.29, 0.717) is 0 Å². The fraction of sp³-hybridized carbons (Fsp3) is 0.727. The first-order chi connectivity index (χ1) is 6.77. The number of hydrogen-bond acceptors (Lipinski definition) is 2. The molecule has 1 aliphatic rings. The maximum atomic E-state index is 5.75. The maximum absolute atomic E-state index is 5.75. The molecule has 0 unspecified atom stereocenters. The summed E-state index contributed by atoms with van der Waals surface area (Å²) in [5, 5.41) is 7.55. The summed E-state index contributed by atoms with van der Waals surface area (Å²) in [5.74, 6) is 0. The minimum Gasteiger partial charge on any atom is -0.328 e. The monoisotopic (exact) mass is 193 g/mol. The number of H-pyrrole nitrogens is 1. The van der Waals surface area contributed by atoms with Crippen LogP contribution in [-0.4, -0.2) is 16.2 Å². The van der Waals surface area contributed by atoms with Gasteiger partial charge in [0.05, 0.1) is 5.69 Å².